The Kier molecular flexibility index (Phi) is 5.83. The summed E-state index contributed by atoms with van der Waals surface area (Å²) in [7, 11) is 0. The van der Waals surface area contributed by atoms with Crippen LogP contribution in [-0.4, -0.2) is 46.4 Å². The van der Waals surface area contributed by atoms with Gasteiger partial charge in [0.1, 0.15) is 18.2 Å². The van der Waals surface area contributed by atoms with E-state index in [1.165, 1.54) is 4.90 Å². The first-order chi connectivity index (χ1) is 11.3. The highest BCUT2D eigenvalue weighted by Crippen LogP contribution is 2.22. The second-order valence-electron chi connectivity index (χ2n) is 6.97. The fourth-order valence-corrected chi connectivity index (χ4v) is 2.57. The summed E-state index contributed by atoms with van der Waals surface area (Å²) in [6, 6.07) is 8.57. The van der Waals surface area contributed by atoms with Gasteiger partial charge in [-0.1, -0.05) is 30.3 Å². The molecule has 0 saturated carbocycles. The van der Waals surface area contributed by atoms with E-state index in [2.05, 4.69) is 0 Å². The number of β-amino-alcohol motifs (C(OH)–C–C–N with tert-alkyl or cyclic N) is 1. The summed E-state index contributed by atoms with van der Waals surface area (Å²) >= 11 is 0. The molecule has 1 aromatic rings. The Balaban J connectivity index is 2.02. The van der Waals surface area contributed by atoms with Gasteiger partial charge in [-0.2, -0.15) is 0 Å². The van der Waals surface area contributed by atoms with E-state index in [1.807, 2.05) is 30.3 Å². The van der Waals surface area contributed by atoms with Crippen LogP contribution in [0.1, 0.15) is 39.2 Å². The number of benzene rings is 1. The smallest absolute Gasteiger partial charge is 0.410 e. The summed E-state index contributed by atoms with van der Waals surface area (Å²) in [6.07, 6.45) is -0.468. The van der Waals surface area contributed by atoms with Crippen LogP contribution in [0.2, 0.25) is 0 Å². The Labute approximate surface area is 142 Å². The molecular weight excluding hydrogens is 310 g/mol. The van der Waals surface area contributed by atoms with Crippen LogP contribution in [0.25, 0.3) is 0 Å². The van der Waals surface area contributed by atoms with Gasteiger partial charge in [0.2, 0.25) is 0 Å². The minimum atomic E-state index is -0.726. The molecule has 6 nitrogen and oxygen atoms in total. The van der Waals surface area contributed by atoms with Crippen molar-refractivity contribution in [1.29, 1.82) is 0 Å². The zero-order chi connectivity index (χ0) is 17.7. The standard InChI is InChI=1S/C18H25NO5/c1-18(2,3)24-16(21)15-10-9-14(20)11-19(15)17(22)23-12-13-7-5-4-6-8-13/h4-8,14-15,20H,9-12H2,1-3H3/t14-,15+/m1/s1. The van der Waals surface area contributed by atoms with Gasteiger partial charge in [0, 0.05) is 0 Å². The third-order valence-corrected chi connectivity index (χ3v) is 3.68. The number of likely N-dealkylation sites (tertiary alicyclic amines) is 1. The number of hydrogen-bond donors (Lipinski definition) is 1. The predicted molar refractivity (Wildman–Crippen MR) is 88.2 cm³/mol. The van der Waals surface area contributed by atoms with Crippen LogP contribution in [0, 0.1) is 0 Å². The van der Waals surface area contributed by atoms with Gasteiger partial charge in [-0.25, -0.2) is 9.59 Å². The SMILES string of the molecule is CC(C)(C)OC(=O)[C@@H]1CC[C@@H](O)CN1C(=O)OCc1ccccc1. The summed E-state index contributed by atoms with van der Waals surface area (Å²) in [6.45, 7) is 5.52. The summed E-state index contributed by atoms with van der Waals surface area (Å²) in [5, 5.41) is 9.84. The highest BCUT2D eigenvalue weighted by Gasteiger charge is 2.38. The zero-order valence-corrected chi connectivity index (χ0v) is 14.4. The number of esters is 1. The fraction of sp³-hybridized carbons (Fsp3) is 0.556. The molecule has 6 heteroatoms. The number of piperidine rings is 1. The second-order valence-corrected chi connectivity index (χ2v) is 6.97. The van der Waals surface area contributed by atoms with E-state index < -0.39 is 29.8 Å². The number of carbonyl (C=O) groups excluding carboxylic acids is 2. The van der Waals surface area contributed by atoms with Crippen molar-refractivity contribution in [2.75, 3.05) is 6.54 Å². The first-order valence-electron chi connectivity index (χ1n) is 8.14. The lowest BCUT2D eigenvalue weighted by molar-refractivity contribution is -0.163. The lowest BCUT2D eigenvalue weighted by Crippen LogP contribution is -2.53. The molecule has 0 unspecified atom stereocenters. The summed E-state index contributed by atoms with van der Waals surface area (Å²) < 4.78 is 10.7. The van der Waals surface area contributed by atoms with Crippen LogP contribution in [0.3, 0.4) is 0 Å². The Morgan fingerprint density at radius 2 is 1.88 bits per heavy atom. The Hall–Kier alpha value is -2.08. The van der Waals surface area contributed by atoms with Crippen molar-refractivity contribution in [3.05, 3.63) is 35.9 Å². The van der Waals surface area contributed by atoms with Crippen molar-refractivity contribution in [1.82, 2.24) is 4.90 Å². The molecule has 2 rings (SSSR count). The van der Waals surface area contributed by atoms with Crippen molar-refractivity contribution in [3.63, 3.8) is 0 Å². The van der Waals surface area contributed by atoms with Gasteiger partial charge in [-0.3, -0.25) is 4.90 Å². The molecule has 1 heterocycles. The van der Waals surface area contributed by atoms with Gasteiger partial charge in [0.15, 0.2) is 0 Å². The van der Waals surface area contributed by atoms with E-state index in [1.54, 1.807) is 20.8 Å². The zero-order valence-electron chi connectivity index (χ0n) is 14.4. The van der Waals surface area contributed by atoms with Crippen LogP contribution in [-0.2, 0) is 20.9 Å². The molecule has 1 N–H and O–H groups in total. The van der Waals surface area contributed by atoms with Gasteiger partial charge < -0.3 is 14.6 Å². The highest BCUT2D eigenvalue weighted by atomic mass is 16.6. The van der Waals surface area contributed by atoms with E-state index in [-0.39, 0.29) is 13.2 Å². The molecule has 2 atom stereocenters. The average molecular weight is 335 g/mol. The number of aliphatic hydroxyl groups is 1. The first kappa shape index (κ1) is 18.3. The summed E-state index contributed by atoms with van der Waals surface area (Å²) in [5.74, 6) is -0.467. The third kappa shape index (κ3) is 5.23. The number of amides is 1. The van der Waals surface area contributed by atoms with Gasteiger partial charge in [0.05, 0.1) is 12.6 Å². The Morgan fingerprint density at radius 3 is 2.50 bits per heavy atom. The van der Waals surface area contributed by atoms with Crippen LogP contribution < -0.4 is 0 Å². The molecule has 0 spiro atoms. The van der Waals surface area contributed by atoms with Crippen molar-refractivity contribution in [2.45, 2.75) is 58.0 Å². The first-order valence-corrected chi connectivity index (χ1v) is 8.14. The van der Waals surface area contributed by atoms with E-state index in [9.17, 15) is 14.7 Å². The van der Waals surface area contributed by atoms with E-state index in [0.29, 0.717) is 12.8 Å². The van der Waals surface area contributed by atoms with Crippen molar-refractivity contribution >= 4 is 12.1 Å². The van der Waals surface area contributed by atoms with Gasteiger partial charge >= 0.3 is 12.1 Å². The lowest BCUT2D eigenvalue weighted by Gasteiger charge is -2.36. The molecule has 1 aliphatic heterocycles. The predicted octanol–water partition coefficient (Wildman–Crippen LogP) is 2.49. The molecular formula is C18H25NO5. The maximum atomic E-state index is 12.4. The van der Waals surface area contributed by atoms with Crippen molar-refractivity contribution in [2.24, 2.45) is 0 Å². The average Bonchev–Trinajstić information content (AvgIpc) is 2.51. The van der Waals surface area contributed by atoms with E-state index >= 15 is 0 Å². The third-order valence-electron chi connectivity index (χ3n) is 3.68. The van der Waals surface area contributed by atoms with Gasteiger partial charge in [-0.05, 0) is 39.2 Å². The van der Waals surface area contributed by atoms with E-state index in [4.69, 9.17) is 9.47 Å². The highest BCUT2D eigenvalue weighted by molar-refractivity contribution is 5.82. The minimum Gasteiger partial charge on any atom is -0.458 e. The van der Waals surface area contributed by atoms with Gasteiger partial charge in [-0.15, -0.1) is 0 Å². The largest absolute Gasteiger partial charge is 0.458 e. The number of ether oxygens (including phenoxy) is 2. The molecule has 1 aromatic carbocycles. The Bertz CT molecular complexity index is 567. The monoisotopic (exact) mass is 335 g/mol. The molecule has 0 aliphatic carbocycles. The maximum Gasteiger partial charge on any atom is 0.410 e. The topological polar surface area (TPSA) is 76.1 Å². The maximum absolute atomic E-state index is 12.4. The molecule has 0 aromatic heterocycles. The van der Waals surface area contributed by atoms with Crippen LogP contribution >= 0.6 is 0 Å². The molecule has 1 fully saturated rings. The van der Waals surface area contributed by atoms with Crippen molar-refractivity contribution < 1.29 is 24.2 Å². The van der Waals surface area contributed by atoms with E-state index in [0.717, 1.165) is 5.56 Å². The number of aliphatic hydroxyl groups excluding tert-OH is 1. The molecule has 1 amide bonds. The quantitative estimate of drug-likeness (QED) is 0.859. The minimum absolute atomic E-state index is 0.0670. The normalized spacial score (nSPS) is 21.2. The van der Waals surface area contributed by atoms with Crippen molar-refractivity contribution in [3.8, 4) is 0 Å². The fourth-order valence-electron chi connectivity index (χ4n) is 2.57. The van der Waals surface area contributed by atoms with Gasteiger partial charge in [0.25, 0.3) is 0 Å². The molecule has 0 radical (unpaired) electrons. The molecule has 132 valence electrons. The number of nitrogens with zero attached hydrogens (tertiary/aromatic N) is 1. The summed E-state index contributed by atoms with van der Waals surface area (Å²) in [5.41, 5.74) is 0.226. The Morgan fingerprint density at radius 1 is 1.21 bits per heavy atom. The van der Waals surface area contributed by atoms with Crippen LogP contribution in [0.5, 0.6) is 0 Å². The number of hydrogen-bond acceptors (Lipinski definition) is 5. The number of carbonyl (C=O) groups is 2. The van der Waals surface area contributed by atoms with Crippen LogP contribution in [0.15, 0.2) is 30.3 Å². The lowest BCUT2D eigenvalue weighted by atomic mass is 10.0. The van der Waals surface area contributed by atoms with Crippen LogP contribution in [0.4, 0.5) is 4.79 Å². The molecule has 1 aliphatic rings. The number of rotatable bonds is 3. The molecule has 24 heavy (non-hydrogen) atoms. The summed E-state index contributed by atoms with van der Waals surface area (Å²) in [4.78, 5) is 26.0. The molecule has 0 bridgehead atoms. The second kappa shape index (κ2) is 7.66. The molecule has 1 saturated heterocycles.